The van der Waals surface area contributed by atoms with Crippen molar-refractivity contribution in [2.24, 2.45) is 0 Å². The third-order valence-corrected chi connectivity index (χ3v) is 7.16. The molecule has 3 aromatic rings. The van der Waals surface area contributed by atoms with Gasteiger partial charge in [-0.15, -0.1) is 22.7 Å². The van der Waals surface area contributed by atoms with E-state index in [0.717, 1.165) is 54.0 Å². The Hall–Kier alpha value is -1.73. The zero-order valence-corrected chi connectivity index (χ0v) is 18.1. The molecule has 0 N–H and O–H groups in total. The molecule has 4 nitrogen and oxygen atoms in total. The van der Waals surface area contributed by atoms with Gasteiger partial charge >= 0.3 is 0 Å². The standard InChI is InChI=1S/C21H22ClN3OS2/c1-15-23-16(14-27-15)12-21(26)25-10-8-24(9-11-25)13-17-6-7-20(28-17)18-4-2-3-5-19(18)22/h2-7,14H,8-13H2,1H3. The maximum atomic E-state index is 12.5. The van der Waals surface area contributed by atoms with Crippen LogP contribution in [0.15, 0.2) is 41.8 Å². The topological polar surface area (TPSA) is 36.4 Å². The second-order valence-electron chi connectivity index (χ2n) is 6.94. The van der Waals surface area contributed by atoms with Gasteiger partial charge in [0.15, 0.2) is 0 Å². The first-order valence-electron chi connectivity index (χ1n) is 9.33. The normalized spacial score (nSPS) is 15.1. The van der Waals surface area contributed by atoms with Crippen LogP contribution in [0, 0.1) is 6.92 Å². The van der Waals surface area contributed by atoms with Crippen LogP contribution < -0.4 is 0 Å². The van der Waals surface area contributed by atoms with Crippen LogP contribution in [-0.4, -0.2) is 46.9 Å². The molecule has 28 heavy (non-hydrogen) atoms. The maximum absolute atomic E-state index is 12.5. The van der Waals surface area contributed by atoms with Gasteiger partial charge < -0.3 is 4.90 Å². The molecule has 4 rings (SSSR count). The van der Waals surface area contributed by atoms with E-state index in [-0.39, 0.29) is 5.91 Å². The highest BCUT2D eigenvalue weighted by Gasteiger charge is 2.22. The Morgan fingerprint density at radius 1 is 1.14 bits per heavy atom. The molecule has 1 aliphatic heterocycles. The van der Waals surface area contributed by atoms with Crippen LogP contribution in [-0.2, 0) is 17.8 Å². The molecule has 1 aromatic carbocycles. The third-order valence-electron chi connectivity index (χ3n) is 4.90. The van der Waals surface area contributed by atoms with Crippen LogP contribution in [0.3, 0.4) is 0 Å². The first-order chi connectivity index (χ1) is 13.6. The van der Waals surface area contributed by atoms with E-state index in [9.17, 15) is 4.79 Å². The lowest BCUT2D eigenvalue weighted by Crippen LogP contribution is -2.48. The number of benzene rings is 1. The summed E-state index contributed by atoms with van der Waals surface area (Å²) in [4.78, 5) is 23.8. The van der Waals surface area contributed by atoms with Crippen molar-refractivity contribution in [2.45, 2.75) is 19.9 Å². The fourth-order valence-electron chi connectivity index (χ4n) is 3.40. The molecule has 0 bridgehead atoms. The molecule has 1 saturated heterocycles. The Kier molecular flexibility index (Phi) is 6.11. The average Bonchev–Trinajstić information content (AvgIpc) is 3.31. The quantitative estimate of drug-likeness (QED) is 0.586. The molecule has 0 unspecified atom stereocenters. The number of hydrogen-bond donors (Lipinski definition) is 0. The van der Waals surface area contributed by atoms with Crippen LogP contribution >= 0.6 is 34.3 Å². The molecule has 1 aliphatic rings. The van der Waals surface area contributed by atoms with E-state index < -0.39 is 0 Å². The lowest BCUT2D eigenvalue weighted by atomic mass is 10.2. The van der Waals surface area contributed by atoms with E-state index in [4.69, 9.17) is 11.6 Å². The number of piperazine rings is 1. The van der Waals surface area contributed by atoms with Crippen molar-refractivity contribution in [3.8, 4) is 10.4 Å². The Labute approximate surface area is 178 Å². The molecule has 0 spiro atoms. The molecule has 7 heteroatoms. The van der Waals surface area contributed by atoms with Crippen LogP contribution in [0.25, 0.3) is 10.4 Å². The van der Waals surface area contributed by atoms with E-state index >= 15 is 0 Å². The van der Waals surface area contributed by atoms with Crippen molar-refractivity contribution in [3.63, 3.8) is 0 Å². The summed E-state index contributed by atoms with van der Waals surface area (Å²) < 4.78 is 0. The highest BCUT2D eigenvalue weighted by atomic mass is 35.5. The molecule has 0 aliphatic carbocycles. The summed E-state index contributed by atoms with van der Waals surface area (Å²) in [7, 11) is 0. The first kappa shape index (κ1) is 19.6. The number of nitrogens with zero attached hydrogens (tertiary/aromatic N) is 3. The molecular weight excluding hydrogens is 410 g/mol. The predicted octanol–water partition coefficient (Wildman–Crippen LogP) is 4.72. The van der Waals surface area contributed by atoms with Gasteiger partial charge in [0, 0.05) is 58.4 Å². The Bertz CT molecular complexity index is 960. The number of hydrogen-bond acceptors (Lipinski definition) is 5. The average molecular weight is 432 g/mol. The minimum atomic E-state index is 0.182. The van der Waals surface area contributed by atoms with Gasteiger partial charge in [-0.2, -0.15) is 0 Å². The summed E-state index contributed by atoms with van der Waals surface area (Å²) in [5.41, 5.74) is 1.98. The molecule has 146 valence electrons. The summed E-state index contributed by atoms with van der Waals surface area (Å²) >= 11 is 9.71. The molecule has 3 heterocycles. The van der Waals surface area contributed by atoms with Crippen molar-refractivity contribution in [2.75, 3.05) is 26.2 Å². The lowest BCUT2D eigenvalue weighted by Gasteiger charge is -2.34. The molecule has 0 saturated carbocycles. The summed E-state index contributed by atoms with van der Waals surface area (Å²) in [5, 5.41) is 3.79. The number of thiazole rings is 1. The second-order valence-corrected chi connectivity index (χ2v) is 9.58. The Morgan fingerprint density at radius 3 is 2.64 bits per heavy atom. The highest BCUT2D eigenvalue weighted by Crippen LogP contribution is 2.33. The van der Waals surface area contributed by atoms with Crippen LogP contribution in [0.2, 0.25) is 5.02 Å². The number of aromatic nitrogens is 1. The van der Waals surface area contributed by atoms with Gasteiger partial charge in [-0.1, -0.05) is 29.8 Å². The number of amides is 1. The number of halogens is 1. The number of carbonyl (C=O) groups excluding carboxylic acids is 1. The zero-order chi connectivity index (χ0) is 19.5. The van der Waals surface area contributed by atoms with Crippen molar-refractivity contribution in [1.82, 2.24) is 14.8 Å². The van der Waals surface area contributed by atoms with E-state index in [1.807, 2.05) is 35.4 Å². The van der Waals surface area contributed by atoms with E-state index in [2.05, 4.69) is 28.1 Å². The zero-order valence-electron chi connectivity index (χ0n) is 15.7. The predicted molar refractivity (Wildman–Crippen MR) is 117 cm³/mol. The highest BCUT2D eigenvalue weighted by molar-refractivity contribution is 7.15. The molecule has 1 amide bonds. The fraction of sp³-hybridized carbons (Fsp3) is 0.333. The van der Waals surface area contributed by atoms with Crippen molar-refractivity contribution in [3.05, 3.63) is 62.4 Å². The van der Waals surface area contributed by atoms with Crippen molar-refractivity contribution >= 4 is 40.2 Å². The van der Waals surface area contributed by atoms with Gasteiger partial charge in [-0.25, -0.2) is 4.98 Å². The maximum Gasteiger partial charge on any atom is 0.228 e. The van der Waals surface area contributed by atoms with Crippen molar-refractivity contribution < 1.29 is 4.79 Å². The molecular formula is C21H22ClN3OS2. The summed E-state index contributed by atoms with van der Waals surface area (Å²) in [6.07, 6.45) is 0.413. The minimum absolute atomic E-state index is 0.182. The van der Waals surface area contributed by atoms with Crippen LogP contribution in [0.4, 0.5) is 0 Å². The summed E-state index contributed by atoms with van der Waals surface area (Å²) in [6.45, 7) is 6.26. The van der Waals surface area contributed by atoms with E-state index in [1.54, 1.807) is 22.7 Å². The van der Waals surface area contributed by atoms with Gasteiger partial charge in [0.25, 0.3) is 0 Å². The SMILES string of the molecule is Cc1nc(CC(=O)N2CCN(Cc3ccc(-c4ccccc4Cl)s3)CC2)cs1. The Morgan fingerprint density at radius 2 is 1.93 bits per heavy atom. The first-order valence-corrected chi connectivity index (χ1v) is 11.4. The number of thiophene rings is 1. The second kappa shape index (κ2) is 8.74. The number of aryl methyl sites for hydroxylation is 1. The van der Waals surface area contributed by atoms with Gasteiger partial charge in [0.05, 0.1) is 17.1 Å². The summed E-state index contributed by atoms with van der Waals surface area (Å²) in [5.74, 6) is 0.182. The summed E-state index contributed by atoms with van der Waals surface area (Å²) in [6, 6.07) is 12.3. The van der Waals surface area contributed by atoms with E-state index in [1.165, 1.54) is 9.75 Å². The number of rotatable bonds is 5. The van der Waals surface area contributed by atoms with E-state index in [0.29, 0.717) is 6.42 Å². The van der Waals surface area contributed by atoms with Gasteiger partial charge in [0.2, 0.25) is 5.91 Å². The van der Waals surface area contributed by atoms with Crippen molar-refractivity contribution in [1.29, 1.82) is 0 Å². The van der Waals surface area contributed by atoms with Crippen LogP contribution in [0.1, 0.15) is 15.6 Å². The smallest absolute Gasteiger partial charge is 0.228 e. The van der Waals surface area contributed by atoms with Crippen LogP contribution in [0.5, 0.6) is 0 Å². The van der Waals surface area contributed by atoms with Gasteiger partial charge in [-0.05, 0) is 25.1 Å². The largest absolute Gasteiger partial charge is 0.340 e. The van der Waals surface area contributed by atoms with Gasteiger partial charge in [0.1, 0.15) is 0 Å². The number of carbonyl (C=O) groups is 1. The molecule has 1 fully saturated rings. The van der Waals surface area contributed by atoms with Gasteiger partial charge in [-0.3, -0.25) is 9.69 Å². The lowest BCUT2D eigenvalue weighted by molar-refractivity contribution is -0.132. The minimum Gasteiger partial charge on any atom is -0.340 e. The monoisotopic (exact) mass is 431 g/mol. The molecule has 0 atom stereocenters. The Balaban J connectivity index is 1.30. The fourth-order valence-corrected chi connectivity index (χ4v) is 5.40. The molecule has 0 radical (unpaired) electrons. The molecule has 2 aromatic heterocycles. The third kappa shape index (κ3) is 4.63.